The number of nitrogens with zero attached hydrogens (tertiary/aromatic N) is 1. The maximum Gasteiger partial charge on any atom is 0.123 e. The van der Waals surface area contributed by atoms with Crippen LogP contribution in [0, 0.1) is 11.6 Å². The molecule has 3 rings (SSSR count). The predicted molar refractivity (Wildman–Crippen MR) is 93.6 cm³/mol. The molecule has 6 heteroatoms. The molecule has 0 atom stereocenters. The molecule has 1 fully saturated rings. The summed E-state index contributed by atoms with van der Waals surface area (Å²) in [7, 11) is 0. The first-order chi connectivity index (χ1) is 10.2. The molecule has 1 N–H and O–H groups in total. The van der Waals surface area contributed by atoms with Crippen LogP contribution >= 0.6 is 24.8 Å². The van der Waals surface area contributed by atoms with Crippen LogP contribution in [0.4, 0.5) is 8.78 Å². The lowest BCUT2D eigenvalue weighted by Crippen LogP contribution is -2.45. The van der Waals surface area contributed by atoms with Gasteiger partial charge in [-0.2, -0.15) is 0 Å². The maximum atomic E-state index is 13.2. The first-order valence-electron chi connectivity index (χ1n) is 7.20. The van der Waals surface area contributed by atoms with E-state index < -0.39 is 0 Å². The molecule has 1 heterocycles. The lowest BCUT2D eigenvalue weighted by atomic mass is 9.96. The van der Waals surface area contributed by atoms with Crippen molar-refractivity contribution >= 4 is 24.8 Å². The van der Waals surface area contributed by atoms with Gasteiger partial charge in [-0.05, 0) is 35.4 Å². The molecule has 0 saturated carbocycles. The van der Waals surface area contributed by atoms with E-state index in [4.69, 9.17) is 0 Å². The van der Waals surface area contributed by atoms with E-state index in [1.54, 1.807) is 0 Å². The molecule has 0 aliphatic carbocycles. The molecule has 1 aliphatic rings. The molecule has 126 valence electrons. The van der Waals surface area contributed by atoms with Crippen molar-refractivity contribution in [2.45, 2.75) is 6.04 Å². The van der Waals surface area contributed by atoms with Crippen molar-refractivity contribution in [1.82, 2.24) is 10.2 Å². The summed E-state index contributed by atoms with van der Waals surface area (Å²) in [5, 5.41) is 3.33. The van der Waals surface area contributed by atoms with Crippen LogP contribution in [0.25, 0.3) is 0 Å². The molecule has 0 spiro atoms. The summed E-state index contributed by atoms with van der Waals surface area (Å²) >= 11 is 0. The van der Waals surface area contributed by atoms with Crippen LogP contribution in [-0.4, -0.2) is 31.1 Å². The van der Waals surface area contributed by atoms with E-state index in [9.17, 15) is 8.78 Å². The van der Waals surface area contributed by atoms with Crippen LogP contribution in [0.5, 0.6) is 0 Å². The number of piperazine rings is 1. The third kappa shape index (κ3) is 4.88. The van der Waals surface area contributed by atoms with Crippen molar-refractivity contribution in [1.29, 1.82) is 0 Å². The van der Waals surface area contributed by atoms with Crippen LogP contribution in [0.3, 0.4) is 0 Å². The van der Waals surface area contributed by atoms with Gasteiger partial charge < -0.3 is 5.32 Å². The normalized spacial score (nSPS) is 14.9. The summed E-state index contributed by atoms with van der Waals surface area (Å²) < 4.78 is 26.3. The Hall–Kier alpha value is -1.20. The van der Waals surface area contributed by atoms with Crippen molar-refractivity contribution in [3.63, 3.8) is 0 Å². The van der Waals surface area contributed by atoms with E-state index in [-0.39, 0.29) is 42.5 Å². The standard InChI is InChI=1S/C17H18F2N2.2ClH/c18-15-5-1-13(2-6-15)17(21-11-9-20-10-12-21)14-3-7-16(19)8-4-14;;/h1-8,17,20H,9-12H2;2*1H. The predicted octanol–water partition coefficient (Wildman–Crippen LogP) is 3.80. The molecule has 2 aromatic carbocycles. The molecular formula is C17H20Cl2F2N2. The van der Waals surface area contributed by atoms with E-state index in [1.165, 1.54) is 24.3 Å². The summed E-state index contributed by atoms with van der Waals surface area (Å²) in [5.41, 5.74) is 2.06. The Morgan fingerprint density at radius 2 is 1.13 bits per heavy atom. The number of hydrogen-bond donors (Lipinski definition) is 1. The molecule has 0 bridgehead atoms. The lowest BCUT2D eigenvalue weighted by Gasteiger charge is -2.35. The Kier molecular flexibility index (Phi) is 7.92. The fraction of sp³-hybridized carbons (Fsp3) is 0.294. The van der Waals surface area contributed by atoms with E-state index in [0.29, 0.717) is 0 Å². The molecule has 2 aromatic rings. The highest BCUT2D eigenvalue weighted by molar-refractivity contribution is 5.85. The number of benzene rings is 2. The molecule has 2 nitrogen and oxygen atoms in total. The van der Waals surface area contributed by atoms with Gasteiger partial charge in [0, 0.05) is 26.2 Å². The smallest absolute Gasteiger partial charge is 0.123 e. The molecule has 1 saturated heterocycles. The molecule has 23 heavy (non-hydrogen) atoms. The maximum absolute atomic E-state index is 13.2. The minimum atomic E-state index is -0.239. The summed E-state index contributed by atoms with van der Waals surface area (Å²) in [6.45, 7) is 3.69. The highest BCUT2D eigenvalue weighted by Crippen LogP contribution is 2.29. The Morgan fingerprint density at radius 3 is 1.52 bits per heavy atom. The highest BCUT2D eigenvalue weighted by atomic mass is 35.5. The van der Waals surface area contributed by atoms with Gasteiger partial charge in [0.1, 0.15) is 11.6 Å². The second-order valence-corrected chi connectivity index (χ2v) is 5.29. The van der Waals surface area contributed by atoms with Gasteiger partial charge >= 0.3 is 0 Å². The Labute approximate surface area is 147 Å². The van der Waals surface area contributed by atoms with E-state index in [1.807, 2.05) is 24.3 Å². The summed E-state index contributed by atoms with van der Waals surface area (Å²) in [4.78, 5) is 2.34. The summed E-state index contributed by atoms with van der Waals surface area (Å²) in [5.74, 6) is -0.478. The lowest BCUT2D eigenvalue weighted by molar-refractivity contribution is 0.198. The average molecular weight is 361 g/mol. The Morgan fingerprint density at radius 1 is 0.739 bits per heavy atom. The summed E-state index contributed by atoms with van der Waals surface area (Å²) in [6.07, 6.45) is 0. The fourth-order valence-corrected chi connectivity index (χ4v) is 2.84. The minimum absolute atomic E-state index is 0. The van der Waals surface area contributed by atoms with Gasteiger partial charge in [0.15, 0.2) is 0 Å². The van der Waals surface area contributed by atoms with E-state index in [0.717, 1.165) is 37.3 Å². The molecule has 0 amide bonds. The van der Waals surface area contributed by atoms with Crippen LogP contribution < -0.4 is 5.32 Å². The van der Waals surface area contributed by atoms with E-state index in [2.05, 4.69) is 10.2 Å². The summed E-state index contributed by atoms with van der Waals surface area (Å²) in [6, 6.07) is 13.2. The van der Waals surface area contributed by atoms with Gasteiger partial charge in [0.2, 0.25) is 0 Å². The van der Waals surface area contributed by atoms with Gasteiger partial charge in [0.05, 0.1) is 6.04 Å². The number of nitrogens with one attached hydrogen (secondary N) is 1. The van der Waals surface area contributed by atoms with Crippen LogP contribution in [0.15, 0.2) is 48.5 Å². The number of rotatable bonds is 3. The number of hydrogen-bond acceptors (Lipinski definition) is 2. The monoisotopic (exact) mass is 360 g/mol. The van der Waals surface area contributed by atoms with Crippen molar-refractivity contribution in [2.75, 3.05) is 26.2 Å². The molecule has 0 unspecified atom stereocenters. The molecular weight excluding hydrogens is 341 g/mol. The highest BCUT2D eigenvalue weighted by Gasteiger charge is 2.23. The van der Waals surface area contributed by atoms with Gasteiger partial charge in [0.25, 0.3) is 0 Å². The minimum Gasteiger partial charge on any atom is -0.314 e. The third-order valence-electron chi connectivity index (χ3n) is 3.89. The van der Waals surface area contributed by atoms with E-state index >= 15 is 0 Å². The fourth-order valence-electron chi connectivity index (χ4n) is 2.84. The average Bonchev–Trinajstić information content (AvgIpc) is 2.52. The second-order valence-electron chi connectivity index (χ2n) is 5.29. The first-order valence-corrected chi connectivity index (χ1v) is 7.20. The zero-order valence-electron chi connectivity index (χ0n) is 12.5. The van der Waals surface area contributed by atoms with Gasteiger partial charge in [-0.15, -0.1) is 24.8 Å². The third-order valence-corrected chi connectivity index (χ3v) is 3.89. The van der Waals surface area contributed by atoms with Crippen molar-refractivity contribution in [3.8, 4) is 0 Å². The first kappa shape index (κ1) is 19.8. The van der Waals surface area contributed by atoms with Crippen molar-refractivity contribution in [3.05, 3.63) is 71.3 Å². The molecule has 0 aromatic heterocycles. The molecule has 1 aliphatic heterocycles. The zero-order valence-corrected chi connectivity index (χ0v) is 14.2. The van der Waals surface area contributed by atoms with Gasteiger partial charge in [-0.3, -0.25) is 4.90 Å². The van der Waals surface area contributed by atoms with Crippen LogP contribution in [-0.2, 0) is 0 Å². The van der Waals surface area contributed by atoms with Crippen molar-refractivity contribution < 1.29 is 8.78 Å². The molecule has 0 radical (unpaired) electrons. The Bertz CT molecular complexity index is 539. The number of halogens is 4. The Balaban J connectivity index is 0.00000132. The second kappa shape index (κ2) is 9.18. The SMILES string of the molecule is Cl.Cl.Fc1ccc(C(c2ccc(F)cc2)N2CCNCC2)cc1. The van der Waals surface area contributed by atoms with Crippen LogP contribution in [0.1, 0.15) is 17.2 Å². The quantitative estimate of drug-likeness (QED) is 0.895. The van der Waals surface area contributed by atoms with Gasteiger partial charge in [-0.1, -0.05) is 24.3 Å². The van der Waals surface area contributed by atoms with Crippen LogP contribution in [0.2, 0.25) is 0 Å². The topological polar surface area (TPSA) is 15.3 Å². The van der Waals surface area contributed by atoms with Gasteiger partial charge in [-0.25, -0.2) is 8.78 Å². The zero-order chi connectivity index (χ0) is 14.7. The van der Waals surface area contributed by atoms with Crippen molar-refractivity contribution in [2.24, 2.45) is 0 Å². The largest absolute Gasteiger partial charge is 0.314 e.